The third-order valence-electron chi connectivity index (χ3n) is 0.204. The standard InChI is InChI=1S/C4H5Si/c1-3-5-4-2/h3H,1-2H2. The highest BCUT2D eigenvalue weighted by molar-refractivity contribution is 6.49. The highest BCUT2D eigenvalue weighted by atomic mass is 28.2. The summed E-state index contributed by atoms with van der Waals surface area (Å²) in [6.07, 6.45) is 0. The maximum atomic E-state index is 3.46. The summed E-state index contributed by atoms with van der Waals surface area (Å²) in [4.78, 5) is 0. The van der Waals surface area contributed by atoms with Gasteiger partial charge in [-0.2, -0.15) is 5.33 Å². The van der Waals surface area contributed by atoms with E-state index in [0.717, 1.165) is 0 Å². The Hall–Kier alpha value is -0.393. The smallest absolute Gasteiger partial charge is 0.113 e. The lowest BCUT2D eigenvalue weighted by Crippen LogP contribution is -1.57. The molecule has 25 valence electrons. The SMILES string of the molecule is C=C=[Si]C=C. The van der Waals surface area contributed by atoms with Crippen LogP contribution in [0.3, 0.4) is 0 Å². The second-order valence-corrected chi connectivity index (χ2v) is 1.58. The summed E-state index contributed by atoms with van der Waals surface area (Å²) >= 11 is 0. The molecule has 0 heterocycles. The van der Waals surface area contributed by atoms with Crippen molar-refractivity contribution >= 4 is 14.5 Å². The Bertz CT molecular complexity index is 67.7. The summed E-state index contributed by atoms with van der Waals surface area (Å²) in [7, 11) is 0.600. The van der Waals surface area contributed by atoms with Crippen molar-refractivity contribution in [1.29, 1.82) is 0 Å². The first-order valence-corrected chi connectivity index (χ1v) is 2.38. The molecule has 0 spiro atoms. The van der Waals surface area contributed by atoms with Crippen molar-refractivity contribution in [1.82, 2.24) is 0 Å². The first kappa shape index (κ1) is 4.61. The lowest BCUT2D eigenvalue weighted by atomic mass is 11.3. The van der Waals surface area contributed by atoms with Gasteiger partial charge in [-0.1, -0.05) is 12.3 Å². The van der Waals surface area contributed by atoms with Gasteiger partial charge in [0, 0.05) is 0 Å². The molecule has 0 atom stereocenters. The van der Waals surface area contributed by atoms with Crippen molar-refractivity contribution in [3.05, 3.63) is 18.9 Å². The van der Waals surface area contributed by atoms with Gasteiger partial charge in [0.25, 0.3) is 0 Å². The summed E-state index contributed by atoms with van der Waals surface area (Å²) < 4.78 is 0. The molecule has 0 rings (SSSR count). The molecule has 5 heavy (non-hydrogen) atoms. The lowest BCUT2D eigenvalue weighted by molar-refractivity contribution is 2.61. The van der Waals surface area contributed by atoms with Crippen LogP contribution in [-0.2, 0) is 0 Å². The molecule has 1 heteroatoms. The van der Waals surface area contributed by atoms with Crippen LogP contribution in [0, 0.1) is 0 Å². The van der Waals surface area contributed by atoms with Crippen LogP contribution >= 0.6 is 0 Å². The van der Waals surface area contributed by atoms with E-state index in [1.807, 2.05) is 0 Å². The van der Waals surface area contributed by atoms with Crippen molar-refractivity contribution in [3.8, 4) is 0 Å². The predicted octanol–water partition coefficient (Wildman–Crippen LogP) is 0.421. The second kappa shape index (κ2) is 3.61. The minimum absolute atomic E-state index is 0.600. The van der Waals surface area contributed by atoms with E-state index in [0.29, 0.717) is 9.13 Å². The summed E-state index contributed by atoms with van der Waals surface area (Å²) in [5.74, 6) is 0. The molecular formula is C4H5Si. The lowest BCUT2D eigenvalue weighted by Gasteiger charge is -1.44. The van der Waals surface area contributed by atoms with Crippen LogP contribution in [0.15, 0.2) is 18.9 Å². The van der Waals surface area contributed by atoms with Crippen LogP contribution in [-0.4, -0.2) is 14.5 Å². The second-order valence-electron chi connectivity index (χ2n) is 0.525. The van der Waals surface area contributed by atoms with Gasteiger partial charge in [-0.3, -0.25) is 0 Å². The van der Waals surface area contributed by atoms with E-state index in [9.17, 15) is 0 Å². The average molecular weight is 81.2 g/mol. The van der Waals surface area contributed by atoms with E-state index in [-0.39, 0.29) is 0 Å². The molecule has 0 N–H and O–H groups in total. The fourth-order valence-corrected chi connectivity index (χ4v) is 0.217. The molecule has 0 aliphatic heterocycles. The van der Waals surface area contributed by atoms with Gasteiger partial charge in [-0.05, 0) is 0 Å². The Morgan fingerprint density at radius 1 is 1.80 bits per heavy atom. The summed E-state index contributed by atoms with van der Waals surface area (Å²) in [5, 5.41) is 2.68. The van der Waals surface area contributed by atoms with Gasteiger partial charge in [0.1, 0.15) is 9.13 Å². The number of rotatable bonds is 1. The largest absolute Gasteiger partial charge is 0.158 e. The zero-order valence-electron chi connectivity index (χ0n) is 2.99. The molecule has 0 bridgehead atoms. The molecular weight excluding hydrogens is 76.1 g/mol. The fourth-order valence-electron chi connectivity index (χ4n) is 0.0722. The first-order valence-electron chi connectivity index (χ1n) is 1.30. The Morgan fingerprint density at radius 2 is 2.40 bits per heavy atom. The number of hydrogen-bond acceptors (Lipinski definition) is 0. The first-order chi connectivity index (χ1) is 2.41. The highest BCUT2D eigenvalue weighted by Crippen LogP contribution is 1.34. The highest BCUT2D eigenvalue weighted by Gasteiger charge is 1.40. The average Bonchev–Trinajstić information content (AvgIpc) is 1.41. The minimum Gasteiger partial charge on any atom is -0.158 e. The summed E-state index contributed by atoms with van der Waals surface area (Å²) in [6.45, 7) is 6.83. The van der Waals surface area contributed by atoms with Crippen molar-refractivity contribution in [2.75, 3.05) is 0 Å². The zero-order valence-corrected chi connectivity index (χ0v) is 3.99. The van der Waals surface area contributed by atoms with Crippen LogP contribution in [0.2, 0.25) is 0 Å². The molecule has 0 nitrogen and oxygen atoms in total. The maximum Gasteiger partial charge on any atom is 0.113 e. The van der Waals surface area contributed by atoms with E-state index in [4.69, 9.17) is 0 Å². The maximum absolute atomic E-state index is 3.46. The van der Waals surface area contributed by atoms with Gasteiger partial charge in [0.15, 0.2) is 0 Å². The molecule has 0 fully saturated rings. The van der Waals surface area contributed by atoms with E-state index < -0.39 is 0 Å². The zero-order chi connectivity index (χ0) is 4.12. The van der Waals surface area contributed by atoms with Crippen molar-refractivity contribution in [2.24, 2.45) is 0 Å². The molecule has 0 aromatic carbocycles. The van der Waals surface area contributed by atoms with Gasteiger partial charge >= 0.3 is 0 Å². The van der Waals surface area contributed by atoms with Crippen molar-refractivity contribution < 1.29 is 0 Å². The molecule has 0 aromatic rings. The van der Waals surface area contributed by atoms with Gasteiger partial charge in [0.2, 0.25) is 0 Å². The molecule has 1 radical (unpaired) electrons. The van der Waals surface area contributed by atoms with E-state index in [1.54, 1.807) is 5.70 Å². The minimum atomic E-state index is 0.600. The summed E-state index contributed by atoms with van der Waals surface area (Å²) in [5.41, 5.74) is 1.78. The molecule has 0 aliphatic carbocycles. The molecule has 0 amide bonds. The Morgan fingerprint density at radius 3 is 2.40 bits per heavy atom. The van der Waals surface area contributed by atoms with Crippen LogP contribution in [0.1, 0.15) is 0 Å². The van der Waals surface area contributed by atoms with Gasteiger partial charge in [-0.15, -0.1) is 6.58 Å². The van der Waals surface area contributed by atoms with E-state index in [1.165, 1.54) is 0 Å². The Kier molecular flexibility index (Phi) is 3.32. The summed E-state index contributed by atoms with van der Waals surface area (Å²) in [6, 6.07) is 0. The van der Waals surface area contributed by atoms with Crippen LogP contribution in [0.25, 0.3) is 0 Å². The van der Waals surface area contributed by atoms with Crippen molar-refractivity contribution in [2.45, 2.75) is 0 Å². The third-order valence-corrected chi connectivity index (χ3v) is 0.612. The van der Waals surface area contributed by atoms with Crippen molar-refractivity contribution in [3.63, 3.8) is 0 Å². The Labute approximate surface area is 34.3 Å². The topological polar surface area (TPSA) is 0 Å². The third kappa shape index (κ3) is 3.61. The molecule has 0 aromatic heterocycles. The molecule has 0 unspecified atom stereocenters. The van der Waals surface area contributed by atoms with Crippen LogP contribution in [0.5, 0.6) is 0 Å². The van der Waals surface area contributed by atoms with Crippen LogP contribution < -0.4 is 0 Å². The van der Waals surface area contributed by atoms with E-state index >= 15 is 0 Å². The molecule has 0 aliphatic rings. The Balaban J connectivity index is 3.31. The molecule has 0 saturated carbocycles. The van der Waals surface area contributed by atoms with Crippen LogP contribution in [0.4, 0.5) is 0 Å². The van der Waals surface area contributed by atoms with E-state index in [2.05, 4.69) is 18.5 Å². The fraction of sp³-hybridized carbons (Fsp3) is 0. The van der Waals surface area contributed by atoms with Gasteiger partial charge in [0.05, 0.1) is 0 Å². The van der Waals surface area contributed by atoms with Gasteiger partial charge in [-0.25, -0.2) is 0 Å². The molecule has 0 saturated heterocycles. The van der Waals surface area contributed by atoms with Gasteiger partial charge < -0.3 is 0 Å². The monoisotopic (exact) mass is 81.0 g/mol. The predicted molar refractivity (Wildman–Crippen MR) is 26.6 cm³/mol. The normalized spacial score (nSPS) is 4.80. The quantitative estimate of drug-likeness (QED) is 0.401. The number of hydrogen-bond donors (Lipinski definition) is 0.